The molecule has 0 amide bonds. The number of hydrogen-bond acceptors (Lipinski definition) is 3. The van der Waals surface area contributed by atoms with Gasteiger partial charge in [0.2, 0.25) is 0 Å². The summed E-state index contributed by atoms with van der Waals surface area (Å²) in [7, 11) is 1.72. The first kappa shape index (κ1) is 24.7. The third kappa shape index (κ3) is 4.36. The van der Waals surface area contributed by atoms with E-state index in [2.05, 4.69) is 26.8 Å². The van der Waals surface area contributed by atoms with Crippen molar-refractivity contribution in [1.29, 1.82) is 0 Å². The molecule has 0 saturated heterocycles. The van der Waals surface area contributed by atoms with E-state index < -0.39 is 11.2 Å². The maximum Gasteiger partial charge on any atom is 0.0657 e. The summed E-state index contributed by atoms with van der Waals surface area (Å²) in [6.45, 7) is 12.3. The molecule has 0 aliphatic heterocycles. The van der Waals surface area contributed by atoms with Crippen LogP contribution in [0.4, 0.5) is 0 Å². The zero-order valence-electron chi connectivity index (χ0n) is 21.8. The molecule has 2 N–H and O–H groups in total. The predicted molar refractivity (Wildman–Crippen MR) is 131 cm³/mol. The van der Waals surface area contributed by atoms with Gasteiger partial charge in [0.25, 0.3) is 0 Å². The molecule has 0 aromatic carbocycles. The van der Waals surface area contributed by atoms with Gasteiger partial charge >= 0.3 is 0 Å². The van der Waals surface area contributed by atoms with Gasteiger partial charge in [-0.1, -0.05) is 32.4 Å². The Balaban J connectivity index is 1.45. The molecule has 0 bridgehead atoms. The summed E-state index contributed by atoms with van der Waals surface area (Å²) in [4.78, 5) is 0. The molecule has 0 radical (unpaired) electrons. The largest absolute Gasteiger partial charge is 0.390 e. The first-order valence-electron chi connectivity index (χ1n) is 13.6. The van der Waals surface area contributed by atoms with Gasteiger partial charge in [-0.25, -0.2) is 0 Å². The van der Waals surface area contributed by atoms with Crippen molar-refractivity contribution in [2.24, 2.45) is 40.4 Å². The topological polar surface area (TPSA) is 49.7 Å². The number of allylic oxidation sites excluding steroid dienone is 1. The van der Waals surface area contributed by atoms with Gasteiger partial charge in [-0.05, 0) is 125 Å². The quantitative estimate of drug-likeness (QED) is 0.438. The average Bonchev–Trinajstić information content (AvgIpc) is 3.08. The maximum absolute atomic E-state index is 10.8. The van der Waals surface area contributed by atoms with Crippen molar-refractivity contribution in [3.05, 3.63) is 11.6 Å². The minimum Gasteiger partial charge on any atom is -0.390 e. The Morgan fingerprint density at radius 2 is 1.84 bits per heavy atom. The molecule has 184 valence electrons. The lowest BCUT2D eigenvalue weighted by atomic mass is 9.46. The molecule has 9 atom stereocenters. The van der Waals surface area contributed by atoms with Crippen molar-refractivity contribution in [3.8, 4) is 0 Å². The molecule has 3 saturated carbocycles. The van der Waals surface area contributed by atoms with Crippen LogP contribution >= 0.6 is 0 Å². The molecule has 3 nitrogen and oxygen atoms in total. The van der Waals surface area contributed by atoms with E-state index in [1.807, 2.05) is 13.8 Å². The smallest absolute Gasteiger partial charge is 0.0657 e. The second-order valence-electron chi connectivity index (χ2n) is 13.4. The maximum atomic E-state index is 10.8. The van der Waals surface area contributed by atoms with Gasteiger partial charge in [-0.15, -0.1) is 0 Å². The number of fused-ring (bicyclic) bond motifs is 5. The molecule has 0 aromatic rings. The number of hydrogen-bond donors (Lipinski definition) is 2. The van der Waals surface area contributed by atoms with Crippen LogP contribution < -0.4 is 0 Å². The zero-order chi connectivity index (χ0) is 23.4. The van der Waals surface area contributed by atoms with E-state index in [-0.39, 0.29) is 0 Å². The van der Waals surface area contributed by atoms with Gasteiger partial charge in [0.15, 0.2) is 0 Å². The fourth-order valence-corrected chi connectivity index (χ4v) is 8.97. The van der Waals surface area contributed by atoms with E-state index in [0.29, 0.717) is 23.4 Å². The van der Waals surface area contributed by atoms with Crippen molar-refractivity contribution < 1.29 is 14.9 Å². The molecule has 4 rings (SSSR count). The first-order valence-corrected chi connectivity index (χ1v) is 13.6. The van der Waals surface area contributed by atoms with Crippen molar-refractivity contribution in [2.45, 2.75) is 116 Å². The Morgan fingerprint density at radius 3 is 2.56 bits per heavy atom. The Labute approximate surface area is 197 Å². The second kappa shape index (κ2) is 8.68. The minimum absolute atomic E-state index is 0.316. The number of methoxy groups -OCH3 is 1. The highest BCUT2D eigenvalue weighted by Gasteiger charge is 2.59. The van der Waals surface area contributed by atoms with Crippen LogP contribution in [0.2, 0.25) is 0 Å². The van der Waals surface area contributed by atoms with Gasteiger partial charge in [-0.3, -0.25) is 0 Å². The lowest BCUT2D eigenvalue weighted by Gasteiger charge is -2.59. The zero-order valence-corrected chi connectivity index (χ0v) is 21.8. The lowest BCUT2D eigenvalue weighted by molar-refractivity contribution is -0.0717. The molecule has 4 aliphatic rings. The predicted octanol–water partition coefficient (Wildman–Crippen LogP) is 6.52. The van der Waals surface area contributed by atoms with E-state index in [9.17, 15) is 10.2 Å². The third-order valence-electron chi connectivity index (χ3n) is 11.1. The van der Waals surface area contributed by atoms with Gasteiger partial charge in [0.1, 0.15) is 0 Å². The van der Waals surface area contributed by atoms with Crippen LogP contribution in [-0.2, 0) is 4.74 Å². The van der Waals surface area contributed by atoms with Crippen molar-refractivity contribution in [2.75, 3.05) is 13.7 Å². The van der Waals surface area contributed by atoms with E-state index in [1.54, 1.807) is 12.7 Å². The number of aliphatic hydroxyl groups is 2. The molecule has 32 heavy (non-hydrogen) atoms. The molecular weight excluding hydrogens is 396 g/mol. The summed E-state index contributed by atoms with van der Waals surface area (Å²) in [6, 6.07) is 0. The normalized spacial score (nSPS) is 46.4. The highest BCUT2D eigenvalue weighted by molar-refractivity contribution is 5.26. The Hall–Kier alpha value is -0.380. The molecule has 3 fully saturated rings. The molecule has 4 aliphatic carbocycles. The molecule has 3 heteroatoms. The van der Waals surface area contributed by atoms with Crippen LogP contribution in [0, 0.1) is 40.4 Å². The van der Waals surface area contributed by atoms with Crippen molar-refractivity contribution in [1.82, 2.24) is 0 Å². The van der Waals surface area contributed by atoms with Crippen LogP contribution in [-0.4, -0.2) is 35.1 Å². The van der Waals surface area contributed by atoms with Gasteiger partial charge in [0, 0.05) is 13.7 Å². The van der Waals surface area contributed by atoms with Crippen molar-refractivity contribution in [3.63, 3.8) is 0 Å². The average molecular weight is 447 g/mol. The molecule has 1 unspecified atom stereocenters. The fraction of sp³-hybridized carbons (Fsp3) is 0.931. The molecule has 0 aromatic heterocycles. The van der Waals surface area contributed by atoms with Crippen LogP contribution in [0.1, 0.15) is 105 Å². The van der Waals surface area contributed by atoms with Gasteiger partial charge in [0.05, 0.1) is 11.2 Å². The monoisotopic (exact) mass is 446 g/mol. The van der Waals surface area contributed by atoms with E-state index in [4.69, 9.17) is 4.74 Å². The summed E-state index contributed by atoms with van der Waals surface area (Å²) in [5.41, 5.74) is 1.23. The van der Waals surface area contributed by atoms with Crippen LogP contribution in [0.25, 0.3) is 0 Å². The Kier molecular flexibility index (Phi) is 6.71. The van der Waals surface area contributed by atoms with Crippen LogP contribution in [0.5, 0.6) is 0 Å². The molecule has 0 spiro atoms. The lowest BCUT2D eigenvalue weighted by Crippen LogP contribution is -2.52. The van der Waals surface area contributed by atoms with E-state index in [0.717, 1.165) is 62.2 Å². The summed E-state index contributed by atoms with van der Waals surface area (Å²) in [5, 5.41) is 21.5. The molecule has 0 heterocycles. The van der Waals surface area contributed by atoms with Gasteiger partial charge < -0.3 is 14.9 Å². The van der Waals surface area contributed by atoms with Crippen molar-refractivity contribution >= 4 is 0 Å². The Morgan fingerprint density at radius 1 is 1.09 bits per heavy atom. The summed E-state index contributed by atoms with van der Waals surface area (Å²) < 4.78 is 5.20. The minimum atomic E-state index is -0.609. The van der Waals surface area contributed by atoms with Gasteiger partial charge in [-0.2, -0.15) is 0 Å². The Bertz CT molecular complexity index is 709. The van der Waals surface area contributed by atoms with Crippen LogP contribution in [0.15, 0.2) is 11.6 Å². The summed E-state index contributed by atoms with van der Waals surface area (Å²) in [5.74, 6) is 3.94. The SMILES string of the molecule is COCCC(C)(O)CC[C@@H](C)[C@H]1CC[C@H]2[C@@H]3CC=C4C[C@@](C)(O)CC[C@]4(C)[C@H]3CC[C@]12C. The van der Waals surface area contributed by atoms with Crippen LogP contribution in [0.3, 0.4) is 0 Å². The summed E-state index contributed by atoms with van der Waals surface area (Å²) in [6.07, 6.45) is 15.0. The highest BCUT2D eigenvalue weighted by atomic mass is 16.5. The highest BCUT2D eigenvalue weighted by Crippen LogP contribution is 2.67. The van der Waals surface area contributed by atoms with E-state index in [1.165, 1.54) is 32.1 Å². The number of rotatable bonds is 7. The second-order valence-corrected chi connectivity index (χ2v) is 13.4. The van der Waals surface area contributed by atoms with E-state index >= 15 is 0 Å². The standard InChI is InChI=1S/C29H50O3/c1-20(11-13-26(2,30)17-18-32-6)23-9-10-24-22-8-7-21-19-27(3,31)15-16-28(21,4)25(22)12-14-29(23,24)5/h7,20,22-25,30-31H,8-19H2,1-6H3/t20-,22+,23-,24+,25+,26?,27+,28+,29-/m1/s1. The number of ether oxygens (including phenoxy) is 1. The summed E-state index contributed by atoms with van der Waals surface area (Å²) >= 11 is 0. The fourth-order valence-electron chi connectivity index (χ4n) is 8.97. The third-order valence-corrected chi connectivity index (χ3v) is 11.1. The molecular formula is C29H50O3. The first-order chi connectivity index (χ1) is 14.9.